The van der Waals surface area contributed by atoms with Crippen molar-refractivity contribution in [3.05, 3.63) is 35.9 Å². The number of nitrogens with one attached hydrogen (secondary N) is 1. The molecule has 1 aliphatic rings. The lowest BCUT2D eigenvalue weighted by Gasteiger charge is -2.35. The number of carbonyl (C=O) groups excluding carboxylic acids is 3. The van der Waals surface area contributed by atoms with Gasteiger partial charge >= 0.3 is 24.1 Å². The molecule has 1 N–H and O–H groups in total. The van der Waals surface area contributed by atoms with Gasteiger partial charge in [0.2, 0.25) is 0 Å². The van der Waals surface area contributed by atoms with Crippen molar-refractivity contribution in [3.8, 4) is 0 Å². The van der Waals surface area contributed by atoms with Crippen LogP contribution in [-0.4, -0.2) is 54.3 Å². The predicted octanol–water partition coefficient (Wildman–Crippen LogP) is 3.28. The van der Waals surface area contributed by atoms with E-state index in [9.17, 15) is 27.6 Å². The molecule has 1 fully saturated rings. The van der Waals surface area contributed by atoms with E-state index in [1.807, 2.05) is 11.4 Å². The predicted molar refractivity (Wildman–Crippen MR) is 105 cm³/mol. The van der Waals surface area contributed by atoms with Crippen molar-refractivity contribution in [3.63, 3.8) is 0 Å². The smallest absolute Gasteiger partial charge is 0.466 e. The van der Waals surface area contributed by atoms with Gasteiger partial charge in [-0.25, -0.2) is 4.79 Å². The van der Waals surface area contributed by atoms with Gasteiger partial charge in [0.05, 0.1) is 24.6 Å². The van der Waals surface area contributed by atoms with Crippen LogP contribution in [0.4, 0.5) is 18.0 Å². The molecule has 7 nitrogen and oxygen atoms in total. The van der Waals surface area contributed by atoms with Gasteiger partial charge in [0.1, 0.15) is 6.61 Å². The second-order valence-electron chi connectivity index (χ2n) is 7.61. The fourth-order valence-corrected chi connectivity index (χ4v) is 3.73. The molecular formula is C21H27F3N2O5. The van der Waals surface area contributed by atoms with E-state index in [0.29, 0.717) is 0 Å². The number of hydrogen-bond acceptors (Lipinski definition) is 5. The monoisotopic (exact) mass is 444 g/mol. The van der Waals surface area contributed by atoms with Gasteiger partial charge in [-0.3, -0.25) is 9.59 Å². The van der Waals surface area contributed by atoms with Gasteiger partial charge in [0.15, 0.2) is 0 Å². The Bertz CT molecular complexity index is 770. The average Bonchev–Trinajstić information content (AvgIpc) is 3.09. The van der Waals surface area contributed by atoms with E-state index in [2.05, 4.69) is 0 Å². The molecular weight excluding hydrogens is 417 g/mol. The maximum atomic E-state index is 12.8. The van der Waals surface area contributed by atoms with E-state index in [-0.39, 0.29) is 32.1 Å². The number of benzene rings is 1. The van der Waals surface area contributed by atoms with E-state index >= 15 is 0 Å². The summed E-state index contributed by atoms with van der Waals surface area (Å²) in [4.78, 5) is 38.2. The van der Waals surface area contributed by atoms with E-state index in [1.54, 1.807) is 45.0 Å². The van der Waals surface area contributed by atoms with E-state index in [4.69, 9.17) is 9.47 Å². The van der Waals surface area contributed by atoms with Crippen LogP contribution in [0.3, 0.4) is 0 Å². The minimum absolute atomic E-state index is 0.0315. The highest BCUT2D eigenvalue weighted by atomic mass is 19.4. The molecule has 1 heterocycles. The molecule has 2 rings (SSSR count). The lowest BCUT2D eigenvalue weighted by atomic mass is 9.84. The van der Waals surface area contributed by atoms with E-state index < -0.39 is 42.1 Å². The van der Waals surface area contributed by atoms with Crippen LogP contribution in [-0.2, 0) is 25.7 Å². The highest BCUT2D eigenvalue weighted by Gasteiger charge is 2.50. The average molecular weight is 444 g/mol. The van der Waals surface area contributed by atoms with Crippen molar-refractivity contribution in [2.45, 2.75) is 52.1 Å². The summed E-state index contributed by atoms with van der Waals surface area (Å²) in [7, 11) is 0. The number of alkyl halides is 3. The first-order valence-electron chi connectivity index (χ1n) is 10.1. The molecule has 0 unspecified atom stereocenters. The van der Waals surface area contributed by atoms with Crippen LogP contribution in [0.5, 0.6) is 0 Å². The van der Waals surface area contributed by atoms with Gasteiger partial charge in [-0.1, -0.05) is 44.2 Å². The topological polar surface area (TPSA) is 84.9 Å². The molecule has 1 aromatic carbocycles. The number of carbonyl (C=O) groups is 3. The van der Waals surface area contributed by atoms with Crippen LogP contribution in [0.2, 0.25) is 0 Å². The highest BCUT2D eigenvalue weighted by Crippen LogP contribution is 2.32. The number of ether oxygens (including phenoxy) is 2. The lowest BCUT2D eigenvalue weighted by molar-refractivity contribution is -0.175. The minimum Gasteiger partial charge on any atom is -0.466 e. The molecule has 0 radical (unpaired) electrons. The number of esters is 1. The van der Waals surface area contributed by atoms with Crippen LogP contribution in [0.25, 0.3) is 0 Å². The standard InChI is InChI=1S/C21H27F3N2O5/c1-4-30-18(27)16(13(2)3)17-15(25-19(28)21(22,23)24)10-11-26(17)20(29)31-12-14-8-6-5-7-9-14/h5-9,13,15-17H,4,10-12H2,1-3H3,(H,25,28)/t15-,16+,17-/m1/s1. The molecule has 1 aromatic rings. The molecule has 1 saturated heterocycles. The van der Waals surface area contributed by atoms with Gasteiger partial charge in [-0.05, 0) is 24.8 Å². The number of amides is 2. The zero-order chi connectivity index (χ0) is 23.2. The summed E-state index contributed by atoms with van der Waals surface area (Å²) in [6, 6.07) is 6.78. The fourth-order valence-electron chi connectivity index (χ4n) is 3.73. The first kappa shape index (κ1) is 24.5. The number of nitrogens with zero attached hydrogens (tertiary/aromatic N) is 1. The van der Waals surface area contributed by atoms with Gasteiger partial charge in [-0.15, -0.1) is 0 Å². The molecule has 2 amide bonds. The molecule has 0 aromatic heterocycles. The Labute approximate surface area is 178 Å². The number of likely N-dealkylation sites (tertiary alicyclic amines) is 1. The number of hydrogen-bond donors (Lipinski definition) is 1. The zero-order valence-electron chi connectivity index (χ0n) is 17.6. The SMILES string of the molecule is CCOC(=O)[C@@H](C(C)C)[C@H]1[C@H](NC(=O)C(F)(F)F)CCN1C(=O)OCc1ccccc1. The Morgan fingerprint density at radius 1 is 1.16 bits per heavy atom. The van der Waals surface area contributed by atoms with Crippen molar-refractivity contribution in [2.75, 3.05) is 13.2 Å². The maximum Gasteiger partial charge on any atom is 0.471 e. The summed E-state index contributed by atoms with van der Waals surface area (Å²) in [5, 5.41) is 1.94. The maximum absolute atomic E-state index is 12.8. The molecule has 10 heteroatoms. The van der Waals surface area contributed by atoms with Crippen molar-refractivity contribution < 1.29 is 37.0 Å². The second kappa shape index (κ2) is 10.5. The normalized spacial score (nSPS) is 19.8. The van der Waals surface area contributed by atoms with Crippen LogP contribution in [0.15, 0.2) is 30.3 Å². The summed E-state index contributed by atoms with van der Waals surface area (Å²) in [6.07, 6.45) is -5.80. The molecule has 31 heavy (non-hydrogen) atoms. The summed E-state index contributed by atoms with van der Waals surface area (Å²) >= 11 is 0. The van der Waals surface area contributed by atoms with E-state index in [0.717, 1.165) is 5.56 Å². The Balaban J connectivity index is 2.26. The van der Waals surface area contributed by atoms with Crippen LogP contribution < -0.4 is 5.32 Å². The number of rotatable bonds is 7. The van der Waals surface area contributed by atoms with Gasteiger partial charge in [-0.2, -0.15) is 13.2 Å². The summed E-state index contributed by atoms with van der Waals surface area (Å²) < 4.78 is 48.9. The van der Waals surface area contributed by atoms with Crippen molar-refractivity contribution in [2.24, 2.45) is 11.8 Å². The van der Waals surface area contributed by atoms with Gasteiger partial charge < -0.3 is 19.7 Å². The Kier molecular flexibility index (Phi) is 8.29. The minimum atomic E-state index is -5.08. The molecule has 3 atom stereocenters. The largest absolute Gasteiger partial charge is 0.471 e. The summed E-state index contributed by atoms with van der Waals surface area (Å²) in [5.74, 6) is -4.06. The molecule has 0 bridgehead atoms. The Morgan fingerprint density at radius 3 is 2.35 bits per heavy atom. The van der Waals surface area contributed by atoms with Crippen molar-refractivity contribution in [1.29, 1.82) is 0 Å². The Morgan fingerprint density at radius 2 is 1.81 bits per heavy atom. The van der Waals surface area contributed by atoms with Crippen LogP contribution in [0.1, 0.15) is 32.8 Å². The fraction of sp³-hybridized carbons (Fsp3) is 0.571. The van der Waals surface area contributed by atoms with Gasteiger partial charge in [0, 0.05) is 6.54 Å². The molecule has 0 saturated carbocycles. The second-order valence-corrected chi connectivity index (χ2v) is 7.61. The molecule has 0 spiro atoms. The third-order valence-electron chi connectivity index (χ3n) is 5.11. The lowest BCUT2D eigenvalue weighted by Crippen LogP contribution is -2.55. The number of halogens is 3. The summed E-state index contributed by atoms with van der Waals surface area (Å²) in [5.41, 5.74) is 0.735. The van der Waals surface area contributed by atoms with Crippen LogP contribution in [0, 0.1) is 11.8 Å². The van der Waals surface area contributed by atoms with Crippen molar-refractivity contribution in [1.82, 2.24) is 10.2 Å². The van der Waals surface area contributed by atoms with E-state index in [1.165, 1.54) is 4.90 Å². The molecule has 0 aliphatic carbocycles. The van der Waals surface area contributed by atoms with Crippen LogP contribution >= 0.6 is 0 Å². The quantitative estimate of drug-likeness (QED) is 0.653. The zero-order valence-corrected chi connectivity index (χ0v) is 17.6. The van der Waals surface area contributed by atoms with Crippen molar-refractivity contribution >= 4 is 18.0 Å². The first-order valence-corrected chi connectivity index (χ1v) is 10.1. The third-order valence-corrected chi connectivity index (χ3v) is 5.11. The third kappa shape index (κ3) is 6.35. The highest BCUT2D eigenvalue weighted by molar-refractivity contribution is 5.83. The summed E-state index contributed by atoms with van der Waals surface area (Å²) in [6.45, 7) is 5.09. The molecule has 172 valence electrons. The van der Waals surface area contributed by atoms with Gasteiger partial charge in [0.25, 0.3) is 0 Å². The first-order chi connectivity index (χ1) is 14.6. The molecule has 1 aliphatic heterocycles. The Hall–Kier alpha value is -2.78.